The number of aromatic nitrogens is 3. The molecule has 1 aromatic heterocycles. The van der Waals surface area contributed by atoms with Gasteiger partial charge in [-0.25, -0.2) is 5.43 Å². The average molecular weight is 412 g/mol. The summed E-state index contributed by atoms with van der Waals surface area (Å²) in [5, 5.41) is 15.4. The molecule has 2 saturated heterocycles. The van der Waals surface area contributed by atoms with Gasteiger partial charge < -0.3 is 14.5 Å². The van der Waals surface area contributed by atoms with Gasteiger partial charge in [-0.15, -0.1) is 0 Å². The minimum Gasteiger partial charge on any atom is -0.378 e. The first-order valence-corrected chi connectivity index (χ1v) is 9.99. The highest BCUT2D eigenvalue weighted by Gasteiger charge is 2.21. The van der Waals surface area contributed by atoms with Crippen LogP contribution in [0.3, 0.4) is 0 Å². The molecule has 30 heavy (non-hydrogen) atoms. The van der Waals surface area contributed by atoms with Gasteiger partial charge in [0.2, 0.25) is 17.8 Å². The van der Waals surface area contributed by atoms with Gasteiger partial charge in [0.05, 0.1) is 23.8 Å². The fourth-order valence-electron chi connectivity index (χ4n) is 3.41. The Kier molecular flexibility index (Phi) is 5.98. The van der Waals surface area contributed by atoms with Crippen molar-refractivity contribution in [2.24, 2.45) is 5.10 Å². The van der Waals surface area contributed by atoms with Crippen LogP contribution < -0.4 is 15.2 Å². The predicted octanol–water partition coefficient (Wildman–Crippen LogP) is 2.05. The maximum atomic E-state index is 11.0. The van der Waals surface area contributed by atoms with E-state index in [9.17, 15) is 10.1 Å². The van der Waals surface area contributed by atoms with Gasteiger partial charge in [-0.05, 0) is 19.8 Å². The van der Waals surface area contributed by atoms with Gasteiger partial charge in [-0.2, -0.15) is 20.1 Å². The number of hydrogen-bond acceptors (Lipinski definition) is 10. The van der Waals surface area contributed by atoms with Crippen LogP contribution in [0.4, 0.5) is 23.5 Å². The van der Waals surface area contributed by atoms with E-state index < -0.39 is 4.92 Å². The summed E-state index contributed by atoms with van der Waals surface area (Å²) in [7, 11) is 0. The molecular formula is C19H24N8O3. The molecule has 2 aromatic rings. The highest BCUT2D eigenvalue weighted by molar-refractivity contribution is 5.99. The van der Waals surface area contributed by atoms with E-state index in [1.165, 1.54) is 12.1 Å². The van der Waals surface area contributed by atoms with Gasteiger partial charge in [0.25, 0.3) is 5.69 Å². The second kappa shape index (κ2) is 8.99. The number of ether oxygens (including phenoxy) is 1. The first kappa shape index (κ1) is 20.0. The zero-order chi connectivity index (χ0) is 20.9. The standard InChI is InChI=1S/C19H24N8O3/c1-14(15-5-4-6-16(13-15)27(28)29)23-24-17-20-18(25-7-2-3-8-25)22-19(21-17)26-9-11-30-12-10-26/h4-6,13H,2-3,7-12H2,1H3,(H,20,21,22,24). The molecule has 0 spiro atoms. The van der Waals surface area contributed by atoms with Crippen LogP contribution in [0.5, 0.6) is 0 Å². The Morgan fingerprint density at radius 1 is 1.10 bits per heavy atom. The number of hydrazone groups is 1. The number of nitro groups is 1. The molecule has 0 amide bonds. The van der Waals surface area contributed by atoms with Crippen molar-refractivity contribution < 1.29 is 9.66 Å². The summed E-state index contributed by atoms with van der Waals surface area (Å²) < 4.78 is 5.43. The van der Waals surface area contributed by atoms with E-state index in [0.717, 1.165) is 39.0 Å². The molecule has 0 radical (unpaired) electrons. The van der Waals surface area contributed by atoms with Crippen LogP contribution >= 0.6 is 0 Å². The SMILES string of the molecule is CC(=NNc1nc(N2CCCC2)nc(N2CCOCC2)n1)c1cccc([N+](=O)[O-])c1. The largest absolute Gasteiger partial charge is 0.378 e. The Morgan fingerprint density at radius 2 is 1.77 bits per heavy atom. The van der Waals surface area contributed by atoms with Crippen molar-refractivity contribution in [1.82, 2.24) is 15.0 Å². The fraction of sp³-hybridized carbons (Fsp3) is 0.474. The average Bonchev–Trinajstić information content (AvgIpc) is 3.33. The smallest absolute Gasteiger partial charge is 0.270 e. The number of hydrogen-bond donors (Lipinski definition) is 1. The molecular weight excluding hydrogens is 388 g/mol. The molecule has 1 N–H and O–H groups in total. The third kappa shape index (κ3) is 4.62. The summed E-state index contributed by atoms with van der Waals surface area (Å²) in [6.07, 6.45) is 2.23. The number of nitrogens with one attached hydrogen (secondary N) is 1. The molecule has 0 saturated carbocycles. The van der Waals surface area contributed by atoms with Crippen LogP contribution in [-0.2, 0) is 4.74 Å². The van der Waals surface area contributed by atoms with E-state index in [1.807, 2.05) is 0 Å². The molecule has 1 aromatic carbocycles. The van der Waals surface area contributed by atoms with Crippen LogP contribution in [0, 0.1) is 10.1 Å². The van der Waals surface area contributed by atoms with E-state index in [2.05, 4.69) is 35.3 Å². The maximum absolute atomic E-state index is 11.0. The summed E-state index contributed by atoms with van der Waals surface area (Å²) in [5.74, 6) is 1.58. The Labute approximate surface area is 173 Å². The lowest BCUT2D eigenvalue weighted by atomic mass is 10.1. The summed E-state index contributed by atoms with van der Waals surface area (Å²) in [5.41, 5.74) is 4.17. The predicted molar refractivity (Wildman–Crippen MR) is 113 cm³/mol. The van der Waals surface area contributed by atoms with Crippen LogP contribution in [0.1, 0.15) is 25.3 Å². The van der Waals surface area contributed by atoms with Crippen molar-refractivity contribution in [3.8, 4) is 0 Å². The second-order valence-electron chi connectivity index (χ2n) is 7.17. The number of nitrogens with zero attached hydrogens (tertiary/aromatic N) is 7. The number of rotatable bonds is 6. The van der Waals surface area contributed by atoms with E-state index >= 15 is 0 Å². The van der Waals surface area contributed by atoms with Crippen LogP contribution in [0.2, 0.25) is 0 Å². The van der Waals surface area contributed by atoms with Crippen LogP contribution in [0.15, 0.2) is 29.4 Å². The quantitative estimate of drug-likeness (QED) is 0.431. The lowest BCUT2D eigenvalue weighted by Gasteiger charge is -2.27. The number of non-ortho nitro benzene ring substituents is 1. The Balaban J connectivity index is 1.59. The summed E-state index contributed by atoms with van der Waals surface area (Å²) in [6, 6.07) is 6.35. The molecule has 0 bridgehead atoms. The Morgan fingerprint density at radius 3 is 2.43 bits per heavy atom. The van der Waals surface area contributed by atoms with Gasteiger partial charge in [-0.3, -0.25) is 10.1 Å². The van der Waals surface area contributed by atoms with Crippen molar-refractivity contribution >= 4 is 29.2 Å². The van der Waals surface area contributed by atoms with Crippen LogP contribution in [-0.4, -0.2) is 65.0 Å². The Hall–Kier alpha value is -3.34. The van der Waals surface area contributed by atoms with Crippen molar-refractivity contribution in [1.29, 1.82) is 0 Å². The zero-order valence-electron chi connectivity index (χ0n) is 16.8. The highest BCUT2D eigenvalue weighted by atomic mass is 16.6. The van der Waals surface area contributed by atoms with Gasteiger partial charge in [-0.1, -0.05) is 12.1 Å². The molecule has 2 fully saturated rings. The van der Waals surface area contributed by atoms with Gasteiger partial charge in [0, 0.05) is 43.9 Å². The minimum atomic E-state index is -0.423. The van der Waals surface area contributed by atoms with E-state index in [-0.39, 0.29) is 5.69 Å². The molecule has 2 aliphatic rings. The van der Waals surface area contributed by atoms with Crippen molar-refractivity contribution in [2.75, 3.05) is 54.6 Å². The van der Waals surface area contributed by atoms with E-state index in [0.29, 0.717) is 42.3 Å². The van der Waals surface area contributed by atoms with Gasteiger partial charge in [0.15, 0.2) is 0 Å². The monoisotopic (exact) mass is 412 g/mol. The molecule has 0 aliphatic carbocycles. The third-order valence-electron chi connectivity index (χ3n) is 5.09. The minimum absolute atomic E-state index is 0.0214. The molecule has 11 nitrogen and oxygen atoms in total. The summed E-state index contributed by atoms with van der Waals surface area (Å²) in [6.45, 7) is 6.33. The molecule has 4 rings (SSSR count). The van der Waals surface area contributed by atoms with Crippen molar-refractivity contribution in [3.63, 3.8) is 0 Å². The van der Waals surface area contributed by atoms with E-state index in [1.54, 1.807) is 19.1 Å². The van der Waals surface area contributed by atoms with Gasteiger partial charge in [0.1, 0.15) is 0 Å². The van der Waals surface area contributed by atoms with Gasteiger partial charge >= 0.3 is 0 Å². The fourth-order valence-corrected chi connectivity index (χ4v) is 3.41. The molecule has 0 unspecified atom stereocenters. The highest BCUT2D eigenvalue weighted by Crippen LogP contribution is 2.21. The molecule has 3 heterocycles. The first-order chi connectivity index (χ1) is 14.6. The lowest BCUT2D eigenvalue weighted by molar-refractivity contribution is -0.384. The van der Waals surface area contributed by atoms with Crippen molar-refractivity contribution in [2.45, 2.75) is 19.8 Å². The van der Waals surface area contributed by atoms with Crippen LogP contribution in [0.25, 0.3) is 0 Å². The number of anilines is 3. The maximum Gasteiger partial charge on any atom is 0.270 e. The number of benzene rings is 1. The summed E-state index contributed by atoms with van der Waals surface area (Å²) >= 11 is 0. The first-order valence-electron chi connectivity index (χ1n) is 9.99. The normalized spacial score (nSPS) is 17.3. The molecule has 158 valence electrons. The lowest BCUT2D eigenvalue weighted by Crippen LogP contribution is -2.38. The van der Waals surface area contributed by atoms with E-state index in [4.69, 9.17) is 4.74 Å². The molecule has 2 aliphatic heterocycles. The number of morpholine rings is 1. The number of nitro benzene ring substituents is 1. The molecule has 11 heteroatoms. The second-order valence-corrected chi connectivity index (χ2v) is 7.17. The van der Waals surface area contributed by atoms with Crippen molar-refractivity contribution in [3.05, 3.63) is 39.9 Å². The Bertz CT molecular complexity index is 939. The zero-order valence-corrected chi connectivity index (χ0v) is 16.8. The molecule has 0 atom stereocenters. The third-order valence-corrected chi connectivity index (χ3v) is 5.09. The summed E-state index contributed by atoms with van der Waals surface area (Å²) in [4.78, 5) is 28.6. The topological polar surface area (TPSA) is 122 Å².